The smallest absolute Gasteiger partial charge is 0.258 e. The molecule has 0 heterocycles. The molecular formula is C17H22N4O2. The van der Waals surface area contributed by atoms with Crippen LogP contribution in [0.1, 0.15) is 30.5 Å². The van der Waals surface area contributed by atoms with E-state index in [0.717, 1.165) is 0 Å². The Bertz CT molecular complexity index is 654. The van der Waals surface area contributed by atoms with Gasteiger partial charge in [-0.2, -0.15) is 0 Å². The molecule has 6 nitrogen and oxygen atoms in total. The third-order valence-electron chi connectivity index (χ3n) is 2.77. The Morgan fingerprint density at radius 3 is 1.87 bits per heavy atom. The first-order valence-electron chi connectivity index (χ1n) is 7.27. The lowest BCUT2D eigenvalue weighted by molar-refractivity contribution is -0.385. The number of hydrogen-bond donors (Lipinski definition) is 0. The number of nitro benzene ring substituents is 1. The van der Waals surface area contributed by atoms with Crippen LogP contribution in [0.4, 0.5) is 11.4 Å². The molecule has 0 saturated carbocycles. The Morgan fingerprint density at radius 1 is 1.00 bits per heavy atom. The van der Waals surface area contributed by atoms with E-state index >= 15 is 0 Å². The van der Waals surface area contributed by atoms with E-state index in [-0.39, 0.29) is 11.4 Å². The van der Waals surface area contributed by atoms with Crippen molar-refractivity contribution in [2.45, 2.75) is 34.6 Å². The molecule has 2 aromatic rings. The second-order valence-corrected chi connectivity index (χ2v) is 4.57. The molecule has 0 aliphatic heterocycles. The molecule has 0 spiro atoms. The van der Waals surface area contributed by atoms with Gasteiger partial charge in [0.05, 0.1) is 4.92 Å². The van der Waals surface area contributed by atoms with Crippen molar-refractivity contribution < 1.29 is 4.92 Å². The zero-order valence-corrected chi connectivity index (χ0v) is 14.1. The number of benzene rings is 2. The van der Waals surface area contributed by atoms with E-state index in [9.17, 15) is 10.1 Å². The molecule has 0 bridgehead atoms. The summed E-state index contributed by atoms with van der Waals surface area (Å²) in [5, 5.41) is 13.7. The van der Waals surface area contributed by atoms with E-state index in [4.69, 9.17) is 5.53 Å². The van der Waals surface area contributed by atoms with E-state index in [2.05, 4.69) is 48.1 Å². The van der Waals surface area contributed by atoms with Crippen LogP contribution in [-0.4, -0.2) is 4.92 Å². The van der Waals surface area contributed by atoms with Gasteiger partial charge in [-0.1, -0.05) is 66.5 Å². The average molecular weight is 314 g/mol. The van der Waals surface area contributed by atoms with Crippen LogP contribution in [0.2, 0.25) is 0 Å². The van der Waals surface area contributed by atoms with Crippen LogP contribution in [0.25, 0.3) is 10.4 Å². The van der Waals surface area contributed by atoms with Gasteiger partial charge in [-0.15, -0.1) is 0 Å². The Labute approximate surface area is 136 Å². The number of nitro groups is 1. The van der Waals surface area contributed by atoms with E-state index in [1.807, 2.05) is 13.8 Å². The Morgan fingerprint density at radius 2 is 1.48 bits per heavy atom. The highest BCUT2D eigenvalue weighted by atomic mass is 16.6. The van der Waals surface area contributed by atoms with Crippen molar-refractivity contribution in [3.8, 4) is 0 Å². The molecule has 0 fully saturated rings. The number of aryl methyl sites for hydroxylation is 3. The maximum atomic E-state index is 10.4. The molecule has 2 aromatic carbocycles. The van der Waals surface area contributed by atoms with Crippen molar-refractivity contribution in [2.24, 2.45) is 5.11 Å². The summed E-state index contributed by atoms with van der Waals surface area (Å²) in [5.41, 5.74) is 11.5. The predicted molar refractivity (Wildman–Crippen MR) is 93.9 cm³/mol. The lowest BCUT2D eigenvalue weighted by atomic mass is 10.2. The van der Waals surface area contributed by atoms with E-state index in [1.165, 1.54) is 23.3 Å². The summed E-state index contributed by atoms with van der Waals surface area (Å²) < 4.78 is 0. The largest absolute Gasteiger partial charge is 0.272 e. The molecule has 0 aliphatic rings. The van der Waals surface area contributed by atoms with E-state index in [1.54, 1.807) is 13.0 Å². The molecule has 0 atom stereocenters. The minimum absolute atomic E-state index is 0.0371. The molecule has 0 N–H and O–H groups in total. The van der Waals surface area contributed by atoms with Crippen molar-refractivity contribution in [2.75, 3.05) is 0 Å². The van der Waals surface area contributed by atoms with Crippen LogP contribution in [-0.2, 0) is 0 Å². The summed E-state index contributed by atoms with van der Waals surface area (Å²) in [5.74, 6) is 0. The zero-order valence-electron chi connectivity index (χ0n) is 14.1. The first-order chi connectivity index (χ1) is 10.9. The summed E-state index contributed by atoms with van der Waals surface area (Å²) in [6.45, 7) is 9.82. The number of rotatable bonds is 2. The van der Waals surface area contributed by atoms with Crippen LogP contribution in [0, 0.1) is 30.9 Å². The van der Waals surface area contributed by atoms with Gasteiger partial charge in [-0.05, 0) is 26.3 Å². The van der Waals surface area contributed by atoms with Crippen molar-refractivity contribution in [3.63, 3.8) is 0 Å². The minimum Gasteiger partial charge on any atom is -0.258 e. The molecule has 0 amide bonds. The van der Waals surface area contributed by atoms with Crippen LogP contribution in [0.3, 0.4) is 0 Å². The lowest BCUT2D eigenvalue weighted by Gasteiger charge is -1.96. The van der Waals surface area contributed by atoms with Gasteiger partial charge < -0.3 is 0 Å². The average Bonchev–Trinajstić information content (AvgIpc) is 2.54. The third kappa shape index (κ3) is 7.64. The summed E-state index contributed by atoms with van der Waals surface area (Å²) >= 11 is 0. The maximum absolute atomic E-state index is 10.4. The summed E-state index contributed by atoms with van der Waals surface area (Å²) in [6, 6.07) is 12.8. The molecule has 0 unspecified atom stereocenters. The fourth-order valence-corrected chi connectivity index (χ4v) is 1.55. The first-order valence-corrected chi connectivity index (χ1v) is 7.27. The first kappa shape index (κ1) is 20.1. The molecular weight excluding hydrogens is 292 g/mol. The van der Waals surface area contributed by atoms with Crippen LogP contribution in [0.5, 0.6) is 0 Å². The van der Waals surface area contributed by atoms with Crippen molar-refractivity contribution in [1.82, 2.24) is 0 Å². The van der Waals surface area contributed by atoms with Crippen molar-refractivity contribution in [3.05, 3.63) is 79.7 Å². The molecule has 0 aromatic heterocycles. The topological polar surface area (TPSA) is 91.9 Å². The van der Waals surface area contributed by atoms with Crippen LogP contribution >= 0.6 is 0 Å². The molecule has 0 aliphatic carbocycles. The monoisotopic (exact) mass is 314 g/mol. The maximum Gasteiger partial charge on any atom is 0.272 e. The molecule has 0 saturated heterocycles. The Balaban J connectivity index is 0.000000414. The highest BCUT2D eigenvalue weighted by Crippen LogP contribution is 2.23. The molecule has 6 heteroatoms. The van der Waals surface area contributed by atoms with Crippen LogP contribution in [0.15, 0.2) is 47.6 Å². The summed E-state index contributed by atoms with van der Waals surface area (Å²) in [4.78, 5) is 12.5. The van der Waals surface area contributed by atoms with Crippen molar-refractivity contribution in [1.29, 1.82) is 0 Å². The van der Waals surface area contributed by atoms with Gasteiger partial charge >= 0.3 is 0 Å². The molecule has 0 radical (unpaired) electrons. The number of hydrogen-bond acceptors (Lipinski definition) is 3. The third-order valence-corrected chi connectivity index (χ3v) is 2.77. The van der Waals surface area contributed by atoms with Gasteiger partial charge in [0.2, 0.25) is 0 Å². The summed E-state index contributed by atoms with van der Waals surface area (Å²) in [7, 11) is 0. The predicted octanol–water partition coefficient (Wildman–Crippen LogP) is 6.17. The zero-order chi connectivity index (χ0) is 17.8. The van der Waals surface area contributed by atoms with Gasteiger partial charge in [-0.3, -0.25) is 10.1 Å². The van der Waals surface area contributed by atoms with Gasteiger partial charge in [-0.25, -0.2) is 0 Å². The Hall–Kier alpha value is -2.85. The minimum atomic E-state index is -0.508. The summed E-state index contributed by atoms with van der Waals surface area (Å²) in [6.07, 6.45) is 0. The fraction of sp³-hybridized carbons (Fsp3) is 0.294. The highest BCUT2D eigenvalue weighted by Gasteiger charge is 2.09. The van der Waals surface area contributed by atoms with Gasteiger partial charge in [0.1, 0.15) is 0 Å². The Kier molecular flexibility index (Phi) is 9.48. The quantitative estimate of drug-likeness (QED) is 0.218. The second-order valence-electron chi connectivity index (χ2n) is 4.57. The van der Waals surface area contributed by atoms with Crippen molar-refractivity contribution >= 4 is 11.4 Å². The van der Waals surface area contributed by atoms with Gasteiger partial charge in [0.25, 0.3) is 5.69 Å². The molecule has 23 heavy (non-hydrogen) atoms. The van der Waals surface area contributed by atoms with Gasteiger partial charge in [0.15, 0.2) is 0 Å². The molecule has 2 rings (SSSR count). The highest BCUT2D eigenvalue weighted by molar-refractivity contribution is 5.51. The lowest BCUT2D eigenvalue weighted by Crippen LogP contribution is -1.90. The van der Waals surface area contributed by atoms with E-state index in [0.29, 0.717) is 5.56 Å². The standard InChI is InChI=1S/C8H10.C7H6N4O2.C2H6/c1-7-3-5-8(2)6-4-7;1-5-2-3-6(9-10-8)4-7(5)11(12)13;1-2/h3-6H,1-2H3;2-4H,1H3;1-2H3. The number of azide groups is 1. The van der Waals surface area contributed by atoms with E-state index < -0.39 is 4.92 Å². The normalized spacial score (nSPS) is 8.57. The second kappa shape index (κ2) is 10.8. The van der Waals surface area contributed by atoms with Crippen LogP contribution < -0.4 is 0 Å². The fourth-order valence-electron chi connectivity index (χ4n) is 1.55. The number of nitrogens with zero attached hydrogens (tertiary/aromatic N) is 4. The molecule has 122 valence electrons. The SMILES string of the molecule is CC.Cc1ccc(C)cc1.Cc1ccc(N=[N+]=[N-])cc1[N+](=O)[O-]. The van der Waals surface area contributed by atoms with Gasteiger partial charge in [0, 0.05) is 22.2 Å².